The summed E-state index contributed by atoms with van der Waals surface area (Å²) in [5.74, 6) is 0.977. The minimum atomic E-state index is -0.115. The number of hydrogen-bond acceptors (Lipinski definition) is 4. The molecule has 1 fully saturated rings. The molecule has 0 radical (unpaired) electrons. The van der Waals surface area contributed by atoms with E-state index >= 15 is 0 Å². The van der Waals surface area contributed by atoms with Gasteiger partial charge < -0.3 is 10.1 Å². The van der Waals surface area contributed by atoms with Gasteiger partial charge in [0.1, 0.15) is 6.04 Å². The molecule has 0 spiro atoms. The summed E-state index contributed by atoms with van der Waals surface area (Å²) in [6.45, 7) is 5.34. The van der Waals surface area contributed by atoms with Crippen molar-refractivity contribution in [1.29, 1.82) is 0 Å². The third kappa shape index (κ3) is 7.21. The molecule has 1 rings (SSSR count). The molecule has 0 amide bonds. The number of carbonyl (C=O) groups is 1. The maximum Gasteiger partial charge on any atom is 0.323 e. The number of thioether (sulfide) groups is 1. The highest BCUT2D eigenvalue weighted by molar-refractivity contribution is 7.99. The van der Waals surface area contributed by atoms with Gasteiger partial charge in [-0.1, -0.05) is 26.2 Å². The zero-order valence-corrected chi connectivity index (χ0v) is 13.3. The van der Waals surface area contributed by atoms with Crippen LogP contribution >= 0.6 is 11.8 Å². The molecule has 1 saturated carbocycles. The molecule has 112 valence electrons. The lowest BCUT2D eigenvalue weighted by molar-refractivity contribution is -0.145. The Kier molecular flexibility index (Phi) is 9.35. The van der Waals surface area contributed by atoms with E-state index in [1.54, 1.807) is 0 Å². The molecule has 1 aliphatic rings. The highest BCUT2D eigenvalue weighted by Crippen LogP contribution is 2.28. The predicted molar refractivity (Wildman–Crippen MR) is 82.7 cm³/mol. The van der Waals surface area contributed by atoms with Crippen LogP contribution in [0.2, 0.25) is 0 Å². The fourth-order valence-electron chi connectivity index (χ4n) is 2.45. The number of carbonyl (C=O) groups excluding carboxylic acids is 1. The Morgan fingerprint density at radius 2 is 2.05 bits per heavy atom. The second-order valence-electron chi connectivity index (χ2n) is 5.18. The molecule has 0 heterocycles. The highest BCUT2D eigenvalue weighted by Gasteiger charge is 2.20. The molecule has 0 aliphatic heterocycles. The summed E-state index contributed by atoms with van der Waals surface area (Å²) >= 11 is 2.05. The first kappa shape index (κ1) is 16.8. The molecular formula is C15H29NO2S. The van der Waals surface area contributed by atoms with Crippen LogP contribution in [-0.4, -0.2) is 36.2 Å². The zero-order valence-electron chi connectivity index (χ0n) is 12.5. The van der Waals surface area contributed by atoms with E-state index in [9.17, 15) is 4.79 Å². The smallest absolute Gasteiger partial charge is 0.323 e. The van der Waals surface area contributed by atoms with Crippen molar-refractivity contribution in [3.8, 4) is 0 Å². The number of hydrogen-bond donors (Lipinski definition) is 1. The van der Waals surface area contributed by atoms with Crippen molar-refractivity contribution >= 4 is 17.7 Å². The first-order valence-corrected chi connectivity index (χ1v) is 8.84. The minimum absolute atomic E-state index is 0.0832. The Labute approximate surface area is 122 Å². The Morgan fingerprint density at radius 1 is 1.32 bits per heavy atom. The molecule has 1 atom stereocenters. The topological polar surface area (TPSA) is 38.3 Å². The van der Waals surface area contributed by atoms with E-state index in [0.29, 0.717) is 6.61 Å². The van der Waals surface area contributed by atoms with Gasteiger partial charge in [-0.3, -0.25) is 4.79 Å². The van der Waals surface area contributed by atoms with Crippen LogP contribution < -0.4 is 5.32 Å². The fourth-order valence-corrected chi connectivity index (χ4v) is 3.82. The van der Waals surface area contributed by atoms with Crippen molar-refractivity contribution in [2.75, 3.05) is 18.9 Å². The number of esters is 1. The van der Waals surface area contributed by atoms with Gasteiger partial charge in [-0.15, -0.1) is 0 Å². The Bertz CT molecular complexity index is 242. The normalized spacial score (nSPS) is 18.2. The molecule has 0 saturated heterocycles. The van der Waals surface area contributed by atoms with Crippen LogP contribution in [0.25, 0.3) is 0 Å². The van der Waals surface area contributed by atoms with Crippen molar-refractivity contribution in [1.82, 2.24) is 5.32 Å². The molecule has 0 aromatic rings. The van der Waals surface area contributed by atoms with Gasteiger partial charge in [0.25, 0.3) is 0 Å². The van der Waals surface area contributed by atoms with Crippen LogP contribution in [0, 0.1) is 0 Å². The maximum atomic E-state index is 11.8. The average Bonchev–Trinajstić information content (AvgIpc) is 2.44. The van der Waals surface area contributed by atoms with Gasteiger partial charge in [-0.25, -0.2) is 0 Å². The lowest BCUT2D eigenvalue weighted by atomic mass is 10.0. The second kappa shape index (κ2) is 10.6. The van der Waals surface area contributed by atoms with Crippen LogP contribution in [0.4, 0.5) is 0 Å². The summed E-state index contributed by atoms with van der Waals surface area (Å²) in [6, 6.07) is -0.115. The molecule has 1 aliphatic carbocycles. The molecule has 0 aromatic carbocycles. The van der Waals surface area contributed by atoms with Crippen LogP contribution in [0.1, 0.15) is 58.8 Å². The van der Waals surface area contributed by atoms with Crippen molar-refractivity contribution in [3.05, 3.63) is 0 Å². The van der Waals surface area contributed by atoms with Gasteiger partial charge in [-0.2, -0.15) is 11.8 Å². The zero-order chi connectivity index (χ0) is 13.9. The highest BCUT2D eigenvalue weighted by atomic mass is 32.2. The molecule has 0 bridgehead atoms. The molecule has 1 N–H and O–H groups in total. The SMILES string of the molecule is CCCNC(CCSC1CCCCC1)C(=O)OCC. The first-order valence-electron chi connectivity index (χ1n) is 7.79. The third-order valence-electron chi connectivity index (χ3n) is 3.52. The summed E-state index contributed by atoms with van der Waals surface area (Å²) in [5, 5.41) is 4.13. The van der Waals surface area contributed by atoms with Crippen LogP contribution in [0.5, 0.6) is 0 Å². The van der Waals surface area contributed by atoms with Gasteiger partial charge in [0.05, 0.1) is 6.61 Å². The summed E-state index contributed by atoms with van der Waals surface area (Å²) in [4.78, 5) is 11.8. The van der Waals surface area contributed by atoms with E-state index in [1.807, 2.05) is 18.7 Å². The lowest BCUT2D eigenvalue weighted by Gasteiger charge is -2.22. The van der Waals surface area contributed by atoms with E-state index in [4.69, 9.17) is 4.74 Å². The predicted octanol–water partition coefficient (Wildman–Crippen LogP) is 3.37. The number of ether oxygens (including phenoxy) is 1. The van der Waals surface area contributed by atoms with Gasteiger partial charge in [-0.05, 0) is 44.9 Å². The third-order valence-corrected chi connectivity index (χ3v) is 4.94. The molecular weight excluding hydrogens is 258 g/mol. The standard InChI is InChI=1S/C15H29NO2S/c1-3-11-16-14(15(17)18-4-2)10-12-19-13-8-6-5-7-9-13/h13-14,16H,3-12H2,1-2H3. The van der Waals surface area contributed by atoms with E-state index < -0.39 is 0 Å². The van der Waals surface area contributed by atoms with E-state index in [1.165, 1.54) is 32.1 Å². The van der Waals surface area contributed by atoms with Crippen molar-refractivity contribution < 1.29 is 9.53 Å². The quantitative estimate of drug-likeness (QED) is 0.660. The fraction of sp³-hybridized carbons (Fsp3) is 0.933. The Morgan fingerprint density at radius 3 is 2.68 bits per heavy atom. The first-order chi connectivity index (χ1) is 9.27. The van der Waals surface area contributed by atoms with Crippen LogP contribution in [0.15, 0.2) is 0 Å². The van der Waals surface area contributed by atoms with Crippen molar-refractivity contribution in [3.63, 3.8) is 0 Å². The number of rotatable bonds is 9. The maximum absolute atomic E-state index is 11.8. The summed E-state index contributed by atoms with van der Waals surface area (Å²) in [6.07, 6.45) is 8.82. The number of nitrogens with one attached hydrogen (secondary N) is 1. The second-order valence-corrected chi connectivity index (χ2v) is 6.59. The van der Waals surface area contributed by atoms with Gasteiger partial charge in [0, 0.05) is 5.25 Å². The minimum Gasteiger partial charge on any atom is -0.465 e. The molecule has 1 unspecified atom stereocenters. The summed E-state index contributed by atoms with van der Waals surface area (Å²) in [5.41, 5.74) is 0. The molecule has 3 nitrogen and oxygen atoms in total. The summed E-state index contributed by atoms with van der Waals surface area (Å²) < 4.78 is 5.13. The Hall–Kier alpha value is -0.220. The molecule has 19 heavy (non-hydrogen) atoms. The van der Waals surface area contributed by atoms with Crippen LogP contribution in [-0.2, 0) is 9.53 Å². The van der Waals surface area contributed by atoms with E-state index in [0.717, 1.165) is 30.4 Å². The van der Waals surface area contributed by atoms with E-state index in [2.05, 4.69) is 12.2 Å². The lowest BCUT2D eigenvalue weighted by Crippen LogP contribution is -2.39. The monoisotopic (exact) mass is 287 g/mol. The molecule has 4 heteroatoms. The largest absolute Gasteiger partial charge is 0.465 e. The van der Waals surface area contributed by atoms with Crippen LogP contribution in [0.3, 0.4) is 0 Å². The van der Waals surface area contributed by atoms with Crippen molar-refractivity contribution in [2.24, 2.45) is 0 Å². The average molecular weight is 287 g/mol. The van der Waals surface area contributed by atoms with Crippen molar-refractivity contribution in [2.45, 2.75) is 70.1 Å². The Balaban J connectivity index is 2.24. The van der Waals surface area contributed by atoms with Gasteiger partial charge >= 0.3 is 5.97 Å². The summed E-state index contributed by atoms with van der Waals surface area (Å²) in [7, 11) is 0. The van der Waals surface area contributed by atoms with Gasteiger partial charge in [0.2, 0.25) is 0 Å². The van der Waals surface area contributed by atoms with E-state index in [-0.39, 0.29) is 12.0 Å². The molecule has 0 aromatic heterocycles. The van der Waals surface area contributed by atoms with Gasteiger partial charge in [0.15, 0.2) is 0 Å².